The van der Waals surface area contributed by atoms with Gasteiger partial charge < -0.3 is 40.3 Å². The monoisotopic (exact) mass is 563 g/mol. The molecule has 22 heteroatoms. The van der Waals surface area contributed by atoms with Gasteiger partial charge in [-0.25, -0.2) is 33.0 Å². The number of anilines is 1. The Morgan fingerprint density at radius 1 is 1.20 bits per heavy atom. The van der Waals surface area contributed by atoms with Gasteiger partial charge in [0.25, 0.3) is 0 Å². The van der Waals surface area contributed by atoms with E-state index < -0.39 is 60.3 Å². The Morgan fingerprint density at radius 3 is 2.43 bits per heavy atom. The van der Waals surface area contributed by atoms with Crippen LogP contribution in [0.2, 0.25) is 0 Å². The van der Waals surface area contributed by atoms with Crippen LogP contribution >= 0.6 is 23.5 Å². The number of halogens is 1. The third-order valence-corrected chi connectivity index (χ3v) is 8.41. The van der Waals surface area contributed by atoms with Crippen molar-refractivity contribution in [3.63, 3.8) is 0 Å². The van der Waals surface area contributed by atoms with Gasteiger partial charge in [0.2, 0.25) is 0 Å². The van der Waals surface area contributed by atoms with Crippen molar-refractivity contribution in [2.45, 2.75) is 23.5 Å². The lowest BCUT2D eigenvalue weighted by Gasteiger charge is -2.30. The van der Waals surface area contributed by atoms with E-state index in [1.54, 1.807) is 0 Å². The fraction of sp³-hybridized carbons (Fsp3) is 0.462. The molecule has 1 fully saturated rings. The van der Waals surface area contributed by atoms with E-state index in [2.05, 4.69) is 28.1 Å². The van der Waals surface area contributed by atoms with Gasteiger partial charge in [-0.15, -0.1) is 6.42 Å². The minimum atomic E-state index is -5.88. The van der Waals surface area contributed by atoms with Gasteiger partial charge in [0.15, 0.2) is 28.9 Å². The summed E-state index contributed by atoms with van der Waals surface area (Å²) in [5.41, 5.74) is 0.233. The van der Waals surface area contributed by atoms with Crippen LogP contribution in [0.5, 0.6) is 0 Å². The SMILES string of the molecule is C#C[C@]1(O)C(n2cnc3c(N)ncnc32)O[C@](CF)(COP(=O)(O)OP(=O)(O)OP(=O)(O)O)[C@H]1O. The summed E-state index contributed by atoms with van der Waals surface area (Å²) >= 11 is 0. The Hall–Kier alpha value is -1.87. The molecule has 3 unspecified atom stereocenters. The number of fused-ring (bicyclic) bond motifs is 1. The number of aromatic nitrogens is 4. The Balaban J connectivity index is 1.91. The second-order valence-electron chi connectivity index (χ2n) is 6.99. The number of aliphatic hydroxyl groups is 2. The molecule has 6 atom stereocenters. The number of imidazole rings is 1. The summed E-state index contributed by atoms with van der Waals surface area (Å²) < 4.78 is 66.2. The number of hydrogen-bond donors (Lipinski definition) is 7. The maximum Gasteiger partial charge on any atom is 0.490 e. The molecule has 8 N–H and O–H groups in total. The van der Waals surface area contributed by atoms with Gasteiger partial charge in [-0.05, 0) is 0 Å². The number of nitrogens with two attached hydrogens (primary N) is 1. The molecule has 1 saturated heterocycles. The van der Waals surface area contributed by atoms with Crippen LogP contribution < -0.4 is 5.73 Å². The predicted octanol–water partition coefficient (Wildman–Crippen LogP) is -1.29. The van der Waals surface area contributed by atoms with E-state index in [-0.39, 0.29) is 17.0 Å². The average molecular weight is 563 g/mol. The summed E-state index contributed by atoms with van der Waals surface area (Å²) in [6.07, 6.45) is 3.19. The molecule has 0 aromatic carbocycles. The third-order valence-electron chi connectivity index (χ3n) is 4.62. The van der Waals surface area contributed by atoms with E-state index in [0.717, 1.165) is 17.2 Å². The van der Waals surface area contributed by atoms with Crippen LogP contribution in [0.3, 0.4) is 0 Å². The van der Waals surface area contributed by atoms with Crippen LogP contribution in [0.4, 0.5) is 10.2 Å². The fourth-order valence-electron chi connectivity index (χ4n) is 3.12. The quantitative estimate of drug-likeness (QED) is 0.138. The number of ether oxygens (including phenoxy) is 1. The number of terminal acetylenes is 1. The first-order valence-corrected chi connectivity index (χ1v) is 13.3. The molecule has 3 heterocycles. The molecule has 35 heavy (non-hydrogen) atoms. The largest absolute Gasteiger partial charge is 0.490 e. The minimum Gasteiger partial charge on any atom is -0.386 e. The summed E-state index contributed by atoms with van der Waals surface area (Å²) in [5.74, 6) is 1.76. The summed E-state index contributed by atoms with van der Waals surface area (Å²) in [7, 11) is -17.3. The van der Waals surface area contributed by atoms with Gasteiger partial charge >= 0.3 is 23.5 Å². The van der Waals surface area contributed by atoms with Crippen LogP contribution in [-0.4, -0.2) is 79.9 Å². The van der Waals surface area contributed by atoms with Crippen molar-refractivity contribution in [2.75, 3.05) is 19.0 Å². The molecule has 1 aliphatic heterocycles. The Morgan fingerprint density at radius 2 is 1.86 bits per heavy atom. The van der Waals surface area contributed by atoms with Gasteiger partial charge in [-0.3, -0.25) is 9.09 Å². The van der Waals surface area contributed by atoms with E-state index in [0.29, 0.717) is 0 Å². The molecule has 1 aliphatic rings. The van der Waals surface area contributed by atoms with Crippen molar-refractivity contribution < 1.29 is 65.8 Å². The molecule has 18 nitrogen and oxygen atoms in total. The highest BCUT2D eigenvalue weighted by Crippen LogP contribution is 2.66. The standard InChI is InChI=1S/C13H17FN5O13P3/c1-2-13(21)10(20)12(3-14,4-29-34(25,26)32-35(27,28)31-33(22,23)24)30-11(13)19-6-18-7-8(15)16-5-17-9(7)19/h1,5-6,10-11,20-21H,3-4H2,(H,25,26)(H,27,28)(H2,15,16,17)(H2,22,23,24)/t10-,11?,12-,13-/m1/s1. The maximum atomic E-state index is 14.2. The number of rotatable bonds is 9. The first-order valence-electron chi connectivity index (χ1n) is 8.82. The lowest BCUT2D eigenvalue weighted by atomic mass is 9.87. The highest BCUT2D eigenvalue weighted by atomic mass is 31.3. The smallest absolute Gasteiger partial charge is 0.386 e. The highest BCUT2D eigenvalue weighted by Gasteiger charge is 2.65. The van der Waals surface area contributed by atoms with Gasteiger partial charge in [0.05, 0.1) is 12.9 Å². The lowest BCUT2D eigenvalue weighted by Crippen LogP contribution is -2.53. The lowest BCUT2D eigenvalue weighted by molar-refractivity contribution is -0.135. The highest BCUT2D eigenvalue weighted by molar-refractivity contribution is 7.66. The number of nitrogens with zero attached hydrogens (tertiary/aromatic N) is 4. The minimum absolute atomic E-state index is 0.0240. The number of phosphoric ester groups is 1. The topological polar surface area (TPSA) is 279 Å². The molecule has 0 aliphatic carbocycles. The first kappa shape index (κ1) is 27.7. The van der Waals surface area contributed by atoms with Crippen molar-refractivity contribution >= 4 is 40.4 Å². The van der Waals surface area contributed by atoms with Crippen molar-refractivity contribution in [1.29, 1.82) is 0 Å². The van der Waals surface area contributed by atoms with Crippen LogP contribution in [0.15, 0.2) is 12.7 Å². The van der Waals surface area contributed by atoms with Gasteiger partial charge in [-0.2, -0.15) is 8.62 Å². The molecule has 0 saturated carbocycles. The summed E-state index contributed by atoms with van der Waals surface area (Å²) in [6, 6.07) is 0. The molecule has 2 aromatic heterocycles. The van der Waals surface area contributed by atoms with Crippen LogP contribution in [0.1, 0.15) is 6.23 Å². The Labute approximate surface area is 193 Å². The molecule has 3 rings (SSSR count). The second kappa shape index (κ2) is 9.21. The van der Waals surface area contributed by atoms with Crippen molar-refractivity contribution in [3.8, 4) is 12.3 Å². The predicted molar refractivity (Wildman–Crippen MR) is 108 cm³/mol. The third kappa shape index (κ3) is 5.45. The van der Waals surface area contributed by atoms with E-state index >= 15 is 0 Å². The second-order valence-corrected chi connectivity index (χ2v) is 11.4. The number of phosphoric acid groups is 3. The van der Waals surface area contributed by atoms with Gasteiger partial charge in [-0.1, -0.05) is 5.92 Å². The van der Waals surface area contributed by atoms with Crippen LogP contribution in [-0.2, 0) is 31.6 Å². The number of hydrogen-bond acceptors (Lipinski definition) is 13. The summed E-state index contributed by atoms with van der Waals surface area (Å²) in [4.78, 5) is 47.5. The van der Waals surface area contributed by atoms with Crippen LogP contribution in [0.25, 0.3) is 11.2 Å². The van der Waals surface area contributed by atoms with E-state index in [4.69, 9.17) is 26.7 Å². The number of nitrogen functional groups attached to an aromatic ring is 1. The molecule has 0 radical (unpaired) electrons. The van der Waals surface area contributed by atoms with Crippen LogP contribution in [0, 0.1) is 12.3 Å². The molecule has 2 aromatic rings. The van der Waals surface area contributed by atoms with Gasteiger partial charge in [0, 0.05) is 0 Å². The fourth-order valence-corrected chi connectivity index (χ4v) is 6.20. The Kier molecular flexibility index (Phi) is 7.30. The Bertz CT molecular complexity index is 1310. The molecular formula is C13H17FN5O13P3. The zero-order valence-electron chi connectivity index (χ0n) is 16.9. The molecular weight excluding hydrogens is 546 g/mol. The van der Waals surface area contributed by atoms with E-state index in [9.17, 15) is 38.1 Å². The normalized spacial score (nSPS) is 30.6. The maximum absolute atomic E-state index is 14.2. The van der Waals surface area contributed by atoms with E-state index in [1.807, 2.05) is 5.92 Å². The molecule has 194 valence electrons. The van der Waals surface area contributed by atoms with Gasteiger partial charge in [0.1, 0.15) is 24.6 Å². The number of alkyl halides is 1. The summed E-state index contributed by atoms with van der Waals surface area (Å²) in [5, 5.41) is 21.6. The van der Waals surface area contributed by atoms with E-state index in [1.165, 1.54) is 0 Å². The van der Waals surface area contributed by atoms with Crippen molar-refractivity contribution in [1.82, 2.24) is 19.5 Å². The van der Waals surface area contributed by atoms with Crippen molar-refractivity contribution in [2.24, 2.45) is 0 Å². The van der Waals surface area contributed by atoms with Crippen molar-refractivity contribution in [3.05, 3.63) is 12.7 Å². The average Bonchev–Trinajstić information content (AvgIpc) is 3.24. The molecule has 0 bridgehead atoms. The summed E-state index contributed by atoms with van der Waals surface area (Å²) in [6.45, 7) is -3.16. The molecule has 0 spiro atoms. The zero-order chi connectivity index (χ0) is 26.4. The molecule has 0 amide bonds. The zero-order valence-corrected chi connectivity index (χ0v) is 19.6. The number of aliphatic hydroxyl groups excluding tert-OH is 1. The first-order chi connectivity index (χ1) is 16.0.